The summed E-state index contributed by atoms with van der Waals surface area (Å²) in [5.41, 5.74) is 5.29. The van der Waals surface area contributed by atoms with E-state index >= 15 is 0 Å². The van der Waals surface area contributed by atoms with Crippen LogP contribution in [0, 0.1) is 20.8 Å². The molecule has 2 N–H and O–H groups in total. The standard InChI is InChI=1S/C18H20O4.ClH/c1-11-7-15(22-10-18(20)21)8-12(2)16(11)9-14-4-5-17(19)13(3)6-14;/h4-8,19H,9-10H2,1-3H3,(H,20,21);1H. The number of carboxylic acids is 1. The number of aryl methyl sites for hydroxylation is 3. The van der Waals surface area contributed by atoms with Gasteiger partial charge >= 0.3 is 5.97 Å². The maximum absolute atomic E-state index is 10.6. The van der Waals surface area contributed by atoms with Gasteiger partial charge in [0, 0.05) is 0 Å². The van der Waals surface area contributed by atoms with Crippen LogP contribution in [0.4, 0.5) is 0 Å². The molecule has 0 unspecified atom stereocenters. The van der Waals surface area contributed by atoms with E-state index in [1.807, 2.05) is 45.0 Å². The van der Waals surface area contributed by atoms with Gasteiger partial charge in [-0.25, -0.2) is 4.79 Å². The summed E-state index contributed by atoms with van der Waals surface area (Å²) in [4.78, 5) is 10.6. The van der Waals surface area contributed by atoms with Gasteiger partial charge in [0.2, 0.25) is 0 Å². The van der Waals surface area contributed by atoms with E-state index in [4.69, 9.17) is 9.84 Å². The lowest BCUT2D eigenvalue weighted by Crippen LogP contribution is -2.10. The van der Waals surface area contributed by atoms with E-state index in [-0.39, 0.29) is 19.0 Å². The van der Waals surface area contributed by atoms with Gasteiger partial charge in [0.25, 0.3) is 0 Å². The fraction of sp³-hybridized carbons (Fsp3) is 0.278. The van der Waals surface area contributed by atoms with E-state index in [0.717, 1.165) is 28.7 Å². The van der Waals surface area contributed by atoms with E-state index < -0.39 is 5.97 Å². The Hall–Kier alpha value is -2.20. The molecular formula is C18H21ClO4. The molecule has 0 aromatic heterocycles. The Bertz CT molecular complexity index is 687. The Labute approximate surface area is 142 Å². The molecule has 0 saturated heterocycles. The van der Waals surface area contributed by atoms with Crippen molar-refractivity contribution in [2.24, 2.45) is 0 Å². The van der Waals surface area contributed by atoms with Gasteiger partial charge in [-0.2, -0.15) is 0 Å². The molecule has 5 heteroatoms. The first-order chi connectivity index (χ1) is 10.4. The van der Waals surface area contributed by atoms with E-state index in [2.05, 4.69) is 0 Å². The number of benzene rings is 2. The molecule has 0 spiro atoms. The number of aliphatic carboxylic acids is 1. The average molecular weight is 337 g/mol. The summed E-state index contributed by atoms with van der Waals surface area (Å²) < 4.78 is 5.24. The predicted octanol–water partition coefficient (Wildman–Crippen LogP) is 3.79. The fourth-order valence-electron chi connectivity index (χ4n) is 2.49. The Kier molecular flexibility index (Phi) is 6.46. The van der Waals surface area contributed by atoms with E-state index in [1.54, 1.807) is 6.07 Å². The molecule has 0 radical (unpaired) electrons. The molecule has 0 aliphatic rings. The molecule has 0 fully saturated rings. The lowest BCUT2D eigenvalue weighted by molar-refractivity contribution is -0.139. The molecule has 2 rings (SSSR count). The Balaban J connectivity index is 0.00000264. The maximum Gasteiger partial charge on any atom is 0.341 e. The minimum atomic E-state index is -0.987. The molecule has 2 aromatic rings. The first-order valence-corrected chi connectivity index (χ1v) is 7.10. The molecule has 0 aliphatic heterocycles. The van der Waals surface area contributed by atoms with Crippen molar-refractivity contribution < 1.29 is 19.7 Å². The van der Waals surface area contributed by atoms with Gasteiger partial charge in [0.15, 0.2) is 6.61 Å². The van der Waals surface area contributed by atoms with Crippen LogP contribution in [0.1, 0.15) is 27.8 Å². The lowest BCUT2D eigenvalue weighted by atomic mass is 9.95. The summed E-state index contributed by atoms with van der Waals surface area (Å²) in [7, 11) is 0. The van der Waals surface area contributed by atoms with Crippen molar-refractivity contribution in [3.05, 3.63) is 58.1 Å². The van der Waals surface area contributed by atoms with Crippen LogP contribution in [0.2, 0.25) is 0 Å². The number of rotatable bonds is 5. The highest BCUT2D eigenvalue weighted by molar-refractivity contribution is 5.85. The second-order valence-electron chi connectivity index (χ2n) is 5.52. The number of aromatic hydroxyl groups is 1. The molecule has 2 aromatic carbocycles. The average Bonchev–Trinajstić information content (AvgIpc) is 2.44. The van der Waals surface area contributed by atoms with E-state index in [9.17, 15) is 9.90 Å². The molecule has 0 aliphatic carbocycles. The second-order valence-corrected chi connectivity index (χ2v) is 5.52. The Morgan fingerprint density at radius 1 is 1.04 bits per heavy atom. The summed E-state index contributed by atoms with van der Waals surface area (Å²) in [5, 5.41) is 18.3. The van der Waals surface area contributed by atoms with Crippen LogP contribution in [-0.2, 0) is 11.2 Å². The minimum absolute atomic E-state index is 0. The van der Waals surface area contributed by atoms with Crippen LogP contribution < -0.4 is 4.74 Å². The van der Waals surface area contributed by atoms with Gasteiger partial charge in [-0.3, -0.25) is 0 Å². The monoisotopic (exact) mass is 336 g/mol. The molecule has 0 saturated carbocycles. The number of hydrogen-bond acceptors (Lipinski definition) is 3. The highest BCUT2D eigenvalue weighted by atomic mass is 35.5. The van der Waals surface area contributed by atoms with Crippen LogP contribution in [0.15, 0.2) is 30.3 Å². The highest BCUT2D eigenvalue weighted by Gasteiger charge is 2.09. The van der Waals surface area contributed by atoms with Gasteiger partial charge in [-0.05, 0) is 73.2 Å². The topological polar surface area (TPSA) is 66.8 Å². The SMILES string of the molecule is Cc1cc(Cc2c(C)cc(OCC(=O)O)cc2C)ccc1O.Cl. The quantitative estimate of drug-likeness (QED) is 0.871. The molecule has 0 amide bonds. The summed E-state index contributed by atoms with van der Waals surface area (Å²) in [6.07, 6.45) is 0.762. The second kappa shape index (κ2) is 7.88. The van der Waals surface area contributed by atoms with Crippen LogP contribution in [0.25, 0.3) is 0 Å². The summed E-state index contributed by atoms with van der Waals surface area (Å²) in [6.45, 7) is 5.52. The number of halogens is 1. The van der Waals surface area contributed by atoms with Gasteiger partial charge in [0.05, 0.1) is 0 Å². The molecule has 4 nitrogen and oxygen atoms in total. The number of ether oxygens (including phenoxy) is 1. The van der Waals surface area contributed by atoms with Crippen molar-refractivity contribution >= 4 is 18.4 Å². The first kappa shape index (κ1) is 18.8. The lowest BCUT2D eigenvalue weighted by Gasteiger charge is -2.13. The van der Waals surface area contributed by atoms with Crippen molar-refractivity contribution in [3.8, 4) is 11.5 Å². The summed E-state index contributed by atoms with van der Waals surface area (Å²) >= 11 is 0. The predicted molar refractivity (Wildman–Crippen MR) is 91.9 cm³/mol. The van der Waals surface area contributed by atoms with Crippen LogP contribution in [-0.4, -0.2) is 22.8 Å². The zero-order chi connectivity index (χ0) is 16.3. The molecular weight excluding hydrogens is 316 g/mol. The van der Waals surface area contributed by atoms with Gasteiger partial charge in [-0.15, -0.1) is 12.4 Å². The van der Waals surface area contributed by atoms with Gasteiger partial charge in [-0.1, -0.05) is 12.1 Å². The molecule has 0 atom stereocenters. The van der Waals surface area contributed by atoms with Crippen LogP contribution in [0.3, 0.4) is 0 Å². The van der Waals surface area contributed by atoms with Crippen molar-refractivity contribution in [1.82, 2.24) is 0 Å². The van der Waals surface area contributed by atoms with Crippen LogP contribution in [0.5, 0.6) is 11.5 Å². The molecule has 124 valence electrons. The minimum Gasteiger partial charge on any atom is -0.508 e. The van der Waals surface area contributed by atoms with Crippen molar-refractivity contribution in [2.45, 2.75) is 27.2 Å². The van der Waals surface area contributed by atoms with E-state index in [1.165, 1.54) is 5.56 Å². The third kappa shape index (κ3) is 4.89. The molecule has 0 bridgehead atoms. The van der Waals surface area contributed by atoms with E-state index in [0.29, 0.717) is 11.5 Å². The van der Waals surface area contributed by atoms with Gasteiger partial charge in [0.1, 0.15) is 11.5 Å². The number of carboxylic acid groups (broad SMARTS) is 1. The third-order valence-electron chi connectivity index (χ3n) is 3.67. The van der Waals surface area contributed by atoms with Crippen molar-refractivity contribution in [2.75, 3.05) is 6.61 Å². The van der Waals surface area contributed by atoms with Crippen molar-refractivity contribution in [3.63, 3.8) is 0 Å². The number of carbonyl (C=O) groups is 1. The van der Waals surface area contributed by atoms with Crippen molar-refractivity contribution in [1.29, 1.82) is 0 Å². The molecule has 23 heavy (non-hydrogen) atoms. The Morgan fingerprint density at radius 2 is 1.65 bits per heavy atom. The third-order valence-corrected chi connectivity index (χ3v) is 3.67. The smallest absolute Gasteiger partial charge is 0.341 e. The summed E-state index contributed by atoms with van der Waals surface area (Å²) in [5.74, 6) is -0.114. The first-order valence-electron chi connectivity index (χ1n) is 7.10. The largest absolute Gasteiger partial charge is 0.508 e. The normalized spacial score (nSPS) is 10.0. The Morgan fingerprint density at radius 3 is 2.17 bits per heavy atom. The number of phenolic OH excluding ortho intramolecular Hbond substituents is 1. The highest BCUT2D eigenvalue weighted by Crippen LogP contribution is 2.26. The fourth-order valence-corrected chi connectivity index (χ4v) is 2.49. The van der Waals surface area contributed by atoms with Gasteiger partial charge < -0.3 is 14.9 Å². The zero-order valence-electron chi connectivity index (χ0n) is 13.4. The zero-order valence-corrected chi connectivity index (χ0v) is 14.2. The maximum atomic E-state index is 10.6. The number of phenols is 1. The van der Waals surface area contributed by atoms with Crippen LogP contribution >= 0.6 is 12.4 Å². The number of hydrogen-bond donors (Lipinski definition) is 2. The summed E-state index contributed by atoms with van der Waals surface area (Å²) in [6, 6.07) is 9.32. The molecule has 0 heterocycles.